The molecule has 0 unspecified atom stereocenters. The minimum Gasteiger partial charge on any atom is -0.301 e. The number of hydrogen-bond donors (Lipinski definition) is 0. The van der Waals surface area contributed by atoms with Crippen molar-refractivity contribution in [2.45, 2.75) is 51.1 Å². The molecule has 31 heavy (non-hydrogen) atoms. The van der Waals surface area contributed by atoms with E-state index in [9.17, 15) is 22.0 Å². The third-order valence-electron chi connectivity index (χ3n) is 5.78. The van der Waals surface area contributed by atoms with Crippen LogP contribution in [0.1, 0.15) is 53.9 Å². The van der Waals surface area contributed by atoms with Gasteiger partial charge in [0, 0.05) is 30.9 Å². The maximum absolute atomic E-state index is 13.7. The molecule has 3 heterocycles. The highest BCUT2D eigenvalue weighted by Gasteiger charge is 2.40. The molecule has 0 atom stereocenters. The average Bonchev–Trinajstić information content (AvgIpc) is 3.08. The lowest BCUT2D eigenvalue weighted by molar-refractivity contribution is -0.141. The summed E-state index contributed by atoms with van der Waals surface area (Å²) in [6.07, 6.45) is 2.32. The van der Waals surface area contributed by atoms with E-state index in [-0.39, 0.29) is 49.4 Å². The molecule has 1 aliphatic carbocycles. The average molecular weight is 435 g/mol. The molecular weight excluding hydrogens is 413 g/mol. The number of hydrogen-bond acceptors (Lipinski definition) is 2. The van der Waals surface area contributed by atoms with Crippen LogP contribution in [-0.2, 0) is 12.6 Å². The summed E-state index contributed by atoms with van der Waals surface area (Å²) in [5, 5.41) is 0. The Morgan fingerprint density at radius 2 is 1.71 bits per heavy atom. The van der Waals surface area contributed by atoms with Gasteiger partial charge in [0.15, 0.2) is 5.69 Å². The van der Waals surface area contributed by atoms with Gasteiger partial charge in [0.1, 0.15) is 5.65 Å². The fraction of sp³-hybridized carbons (Fsp3) is 0.391. The number of alkyl halides is 5. The zero-order chi connectivity index (χ0) is 22.2. The van der Waals surface area contributed by atoms with Gasteiger partial charge in [-0.1, -0.05) is 12.2 Å². The van der Waals surface area contributed by atoms with Gasteiger partial charge >= 0.3 is 6.18 Å². The highest BCUT2D eigenvalue weighted by Crippen LogP contribution is 2.40. The second kappa shape index (κ2) is 8.05. The quantitative estimate of drug-likeness (QED) is 0.433. The lowest BCUT2D eigenvalue weighted by Crippen LogP contribution is -2.26. The van der Waals surface area contributed by atoms with Crippen LogP contribution in [0, 0.1) is 12.8 Å². The molecule has 0 N–H and O–H groups in total. The molecule has 1 saturated carbocycles. The molecule has 0 radical (unpaired) electrons. The molecule has 0 spiro atoms. The second-order valence-corrected chi connectivity index (χ2v) is 8.15. The first-order valence-electron chi connectivity index (χ1n) is 10.2. The summed E-state index contributed by atoms with van der Waals surface area (Å²) in [6.45, 7) is 1.73. The predicted molar refractivity (Wildman–Crippen MR) is 109 cm³/mol. The molecule has 3 nitrogen and oxygen atoms in total. The van der Waals surface area contributed by atoms with Crippen molar-refractivity contribution >= 4 is 17.8 Å². The van der Waals surface area contributed by atoms with E-state index < -0.39 is 17.8 Å². The highest BCUT2D eigenvalue weighted by atomic mass is 19.4. The van der Waals surface area contributed by atoms with E-state index in [1.165, 1.54) is 4.40 Å². The Balaban J connectivity index is 1.70. The number of imidazole rings is 1. The van der Waals surface area contributed by atoms with Crippen molar-refractivity contribution in [1.82, 2.24) is 14.4 Å². The van der Waals surface area contributed by atoms with Gasteiger partial charge in [-0.05, 0) is 67.5 Å². The second-order valence-electron chi connectivity index (χ2n) is 8.15. The highest BCUT2D eigenvalue weighted by molar-refractivity contribution is 5.71. The third-order valence-corrected chi connectivity index (χ3v) is 5.78. The predicted octanol–water partition coefficient (Wildman–Crippen LogP) is 6.59. The van der Waals surface area contributed by atoms with Crippen molar-refractivity contribution in [2.75, 3.05) is 0 Å². The van der Waals surface area contributed by atoms with Gasteiger partial charge in [-0.25, -0.2) is 13.8 Å². The molecule has 0 aromatic carbocycles. The van der Waals surface area contributed by atoms with Crippen LogP contribution in [0.25, 0.3) is 17.8 Å². The number of fused-ring (bicyclic) bond motifs is 1. The zero-order valence-corrected chi connectivity index (χ0v) is 17.0. The Morgan fingerprint density at radius 1 is 1.06 bits per heavy atom. The van der Waals surface area contributed by atoms with E-state index in [1.807, 2.05) is 24.3 Å². The normalized spacial score (nSPS) is 17.6. The van der Waals surface area contributed by atoms with Crippen LogP contribution < -0.4 is 0 Å². The molecule has 0 amide bonds. The lowest BCUT2D eigenvalue weighted by atomic mass is 9.83. The van der Waals surface area contributed by atoms with Gasteiger partial charge in [0.05, 0.1) is 5.69 Å². The topological polar surface area (TPSA) is 30.2 Å². The minimum absolute atomic E-state index is 0.0554. The summed E-state index contributed by atoms with van der Waals surface area (Å²) in [5.74, 6) is -2.93. The Kier molecular flexibility index (Phi) is 5.58. The van der Waals surface area contributed by atoms with E-state index >= 15 is 0 Å². The number of halogens is 5. The molecule has 164 valence electrons. The smallest absolute Gasteiger partial charge is 0.301 e. The molecule has 1 aliphatic rings. The number of rotatable bonds is 4. The summed E-state index contributed by atoms with van der Waals surface area (Å²) >= 11 is 0. The van der Waals surface area contributed by atoms with Crippen LogP contribution in [0.5, 0.6) is 0 Å². The van der Waals surface area contributed by atoms with Crippen LogP contribution in [0.2, 0.25) is 0 Å². The number of aryl methyl sites for hydroxylation is 1. The van der Waals surface area contributed by atoms with Gasteiger partial charge in [-0.2, -0.15) is 13.2 Å². The number of aromatic nitrogens is 3. The van der Waals surface area contributed by atoms with Gasteiger partial charge in [-0.15, -0.1) is 0 Å². The Labute approximate surface area is 176 Å². The van der Waals surface area contributed by atoms with Crippen LogP contribution in [0.3, 0.4) is 0 Å². The Hall–Kier alpha value is -2.77. The molecule has 3 aromatic heterocycles. The fourth-order valence-electron chi connectivity index (χ4n) is 4.22. The molecule has 1 fully saturated rings. The molecule has 0 saturated heterocycles. The van der Waals surface area contributed by atoms with Crippen molar-refractivity contribution in [3.05, 3.63) is 64.9 Å². The summed E-state index contributed by atoms with van der Waals surface area (Å²) in [7, 11) is 0. The Bertz CT molecular complexity index is 1090. The van der Waals surface area contributed by atoms with Crippen LogP contribution in [0.4, 0.5) is 22.0 Å². The maximum Gasteiger partial charge on any atom is 0.435 e. The van der Waals surface area contributed by atoms with Crippen molar-refractivity contribution in [3.63, 3.8) is 0 Å². The molecule has 8 heteroatoms. The SMILES string of the molecule is Cc1cc(/C=C\c2ccncc2)cc2nc(C(F)(F)F)c(CC3CCC(F)(F)CC3)n12. The number of nitrogens with zero attached hydrogens (tertiary/aromatic N) is 3. The van der Waals surface area contributed by atoms with Crippen LogP contribution in [0.15, 0.2) is 36.7 Å². The van der Waals surface area contributed by atoms with Crippen LogP contribution >= 0.6 is 0 Å². The van der Waals surface area contributed by atoms with E-state index in [1.54, 1.807) is 31.5 Å². The van der Waals surface area contributed by atoms with Crippen molar-refractivity contribution in [3.8, 4) is 0 Å². The minimum atomic E-state index is -4.61. The molecular formula is C23H22F5N3. The maximum atomic E-state index is 13.7. The molecule has 3 aromatic rings. The molecule has 4 rings (SSSR count). The van der Waals surface area contributed by atoms with E-state index in [0.29, 0.717) is 5.69 Å². The monoisotopic (exact) mass is 435 g/mol. The van der Waals surface area contributed by atoms with Gasteiger partial charge in [0.2, 0.25) is 5.92 Å². The lowest BCUT2D eigenvalue weighted by Gasteiger charge is -2.28. The van der Waals surface area contributed by atoms with Crippen molar-refractivity contribution in [2.24, 2.45) is 5.92 Å². The summed E-state index contributed by atoms with van der Waals surface area (Å²) < 4.78 is 69.7. The largest absolute Gasteiger partial charge is 0.435 e. The summed E-state index contributed by atoms with van der Waals surface area (Å²) in [4.78, 5) is 7.85. The summed E-state index contributed by atoms with van der Waals surface area (Å²) in [5.41, 5.74) is 1.60. The van der Waals surface area contributed by atoms with Crippen molar-refractivity contribution < 1.29 is 22.0 Å². The molecule has 0 bridgehead atoms. The third kappa shape index (κ3) is 4.78. The first kappa shape index (κ1) is 21.5. The van der Waals surface area contributed by atoms with E-state index in [2.05, 4.69) is 9.97 Å². The van der Waals surface area contributed by atoms with Gasteiger partial charge in [0.25, 0.3) is 0 Å². The fourth-order valence-corrected chi connectivity index (χ4v) is 4.22. The standard InChI is InChI=1S/C23H22F5N3/c1-15-12-18(3-2-16-6-10-29-11-7-16)14-20-30-21(23(26,27)28)19(31(15)20)13-17-4-8-22(24,25)9-5-17/h2-3,6-7,10-12,14,17H,4-5,8-9,13H2,1H3/b3-2-. The first-order chi connectivity index (χ1) is 14.6. The Morgan fingerprint density at radius 3 is 2.35 bits per heavy atom. The van der Waals surface area contributed by atoms with E-state index in [0.717, 1.165) is 11.1 Å². The first-order valence-corrected chi connectivity index (χ1v) is 10.2. The summed E-state index contributed by atoms with van der Waals surface area (Å²) in [6, 6.07) is 7.05. The zero-order valence-electron chi connectivity index (χ0n) is 17.0. The van der Waals surface area contributed by atoms with Gasteiger partial charge in [-0.3, -0.25) is 4.98 Å². The van der Waals surface area contributed by atoms with Crippen LogP contribution in [-0.4, -0.2) is 20.3 Å². The molecule has 0 aliphatic heterocycles. The van der Waals surface area contributed by atoms with E-state index in [4.69, 9.17) is 0 Å². The van der Waals surface area contributed by atoms with Gasteiger partial charge < -0.3 is 4.40 Å². The van der Waals surface area contributed by atoms with Crippen molar-refractivity contribution in [1.29, 1.82) is 0 Å². The number of pyridine rings is 2.